The third kappa shape index (κ3) is 5.96. The predicted molar refractivity (Wildman–Crippen MR) is 132 cm³/mol. The molecule has 35 heavy (non-hydrogen) atoms. The third-order valence-electron chi connectivity index (χ3n) is 6.16. The Morgan fingerprint density at radius 1 is 1.20 bits per heavy atom. The number of rotatable bonds is 8. The van der Waals surface area contributed by atoms with Crippen LogP contribution in [0.25, 0.3) is 10.9 Å². The zero-order valence-corrected chi connectivity index (χ0v) is 19.5. The van der Waals surface area contributed by atoms with Crippen LogP contribution in [-0.4, -0.2) is 52.6 Å². The topological polar surface area (TPSA) is 104 Å². The molecule has 3 aromatic rings. The summed E-state index contributed by atoms with van der Waals surface area (Å²) in [5.74, 6) is 2.36. The quantitative estimate of drug-likeness (QED) is 0.265. The van der Waals surface area contributed by atoms with Crippen molar-refractivity contribution in [2.75, 3.05) is 19.6 Å². The second-order valence-corrected chi connectivity index (χ2v) is 8.73. The molecule has 0 spiro atoms. The molecule has 180 valence electrons. The first-order chi connectivity index (χ1) is 17.0. The highest BCUT2D eigenvalue weighted by Gasteiger charge is 2.34. The van der Waals surface area contributed by atoms with E-state index in [4.69, 9.17) is 16.4 Å². The van der Waals surface area contributed by atoms with Crippen molar-refractivity contribution in [3.05, 3.63) is 71.4 Å². The monoisotopic (exact) mass is 472 g/mol. The zero-order valence-electron chi connectivity index (χ0n) is 19.5. The number of pyridine rings is 1. The number of carbonyl (C=O) groups is 2. The number of nitrogens with zero attached hydrogens (tertiary/aromatic N) is 2. The number of likely N-dealkylation sites (tertiary alicyclic amines) is 1. The second-order valence-electron chi connectivity index (χ2n) is 8.73. The number of ether oxygens (including phenoxy) is 1. The molecule has 1 aromatic heterocycles. The summed E-state index contributed by atoms with van der Waals surface area (Å²) in [5.41, 5.74) is 5.05. The number of para-hydroxylation sites is 1. The summed E-state index contributed by atoms with van der Waals surface area (Å²) in [5, 5.41) is 12.9. The van der Waals surface area contributed by atoms with Crippen LogP contribution < -0.4 is 15.5 Å². The van der Waals surface area contributed by atoms with E-state index >= 15 is 0 Å². The van der Waals surface area contributed by atoms with E-state index in [1.807, 2.05) is 42.2 Å². The SMILES string of the molecule is C#CCN1C[C@H](CC(=O)NO)[C@H](NC(=O)c2ccc(OCc3cc(C)nc4ccccc34)cc2)C1. The van der Waals surface area contributed by atoms with Gasteiger partial charge in [-0.2, -0.15) is 0 Å². The maximum absolute atomic E-state index is 12.9. The lowest BCUT2D eigenvalue weighted by Crippen LogP contribution is -2.41. The Balaban J connectivity index is 1.39. The van der Waals surface area contributed by atoms with Gasteiger partial charge < -0.3 is 10.1 Å². The van der Waals surface area contributed by atoms with Gasteiger partial charge in [-0.3, -0.25) is 24.7 Å². The van der Waals surface area contributed by atoms with Crippen LogP contribution in [0.2, 0.25) is 0 Å². The van der Waals surface area contributed by atoms with Crippen molar-refractivity contribution in [1.82, 2.24) is 20.7 Å². The number of terminal acetylenes is 1. The summed E-state index contributed by atoms with van der Waals surface area (Å²) in [6, 6.07) is 16.7. The minimum absolute atomic E-state index is 0.0957. The fraction of sp³-hybridized carbons (Fsp3) is 0.296. The standard InChI is InChI=1S/C27H28N4O4/c1-3-12-31-15-20(14-26(32)30-34)25(16-31)29-27(33)19-8-10-22(11-9-19)35-17-21-13-18(2)28-24-7-5-4-6-23(21)24/h1,4-11,13,20,25,34H,12,14-17H2,2H3,(H,29,33)(H,30,32)/t20-,25+/m0/s1. The Labute approximate surface area is 204 Å². The van der Waals surface area contributed by atoms with Crippen LogP contribution in [0.4, 0.5) is 0 Å². The summed E-state index contributed by atoms with van der Waals surface area (Å²) < 4.78 is 5.98. The minimum atomic E-state index is -0.490. The summed E-state index contributed by atoms with van der Waals surface area (Å²) >= 11 is 0. The maximum atomic E-state index is 12.9. The molecule has 2 atom stereocenters. The highest BCUT2D eigenvalue weighted by Crippen LogP contribution is 2.23. The lowest BCUT2D eigenvalue weighted by Gasteiger charge is -2.19. The Morgan fingerprint density at radius 2 is 1.97 bits per heavy atom. The highest BCUT2D eigenvalue weighted by molar-refractivity contribution is 5.94. The molecule has 8 nitrogen and oxygen atoms in total. The molecular weight excluding hydrogens is 444 g/mol. The molecule has 0 unspecified atom stereocenters. The lowest BCUT2D eigenvalue weighted by atomic mass is 9.99. The van der Waals surface area contributed by atoms with E-state index in [1.54, 1.807) is 29.7 Å². The Hall–Kier alpha value is -3.93. The molecule has 0 aliphatic carbocycles. The fourth-order valence-corrected chi connectivity index (χ4v) is 4.50. The van der Waals surface area contributed by atoms with Gasteiger partial charge in [0.1, 0.15) is 12.4 Å². The van der Waals surface area contributed by atoms with Crippen LogP contribution in [0, 0.1) is 25.2 Å². The van der Waals surface area contributed by atoms with E-state index in [2.05, 4.69) is 16.2 Å². The number of hydrogen-bond acceptors (Lipinski definition) is 6. The molecule has 0 bridgehead atoms. The number of benzene rings is 2. The van der Waals surface area contributed by atoms with E-state index in [9.17, 15) is 9.59 Å². The van der Waals surface area contributed by atoms with Gasteiger partial charge in [0.05, 0.1) is 12.1 Å². The van der Waals surface area contributed by atoms with Crippen LogP contribution in [-0.2, 0) is 11.4 Å². The van der Waals surface area contributed by atoms with Crippen molar-refractivity contribution in [2.45, 2.75) is 26.0 Å². The summed E-state index contributed by atoms with van der Waals surface area (Å²) in [6.07, 6.45) is 5.51. The van der Waals surface area contributed by atoms with Gasteiger partial charge in [0.25, 0.3) is 5.91 Å². The largest absolute Gasteiger partial charge is 0.489 e. The molecule has 0 radical (unpaired) electrons. The first-order valence-electron chi connectivity index (χ1n) is 11.4. The smallest absolute Gasteiger partial charge is 0.251 e. The van der Waals surface area contributed by atoms with Gasteiger partial charge in [-0.05, 0) is 43.3 Å². The molecule has 0 saturated carbocycles. The van der Waals surface area contributed by atoms with E-state index in [0.717, 1.165) is 22.2 Å². The highest BCUT2D eigenvalue weighted by atomic mass is 16.5. The van der Waals surface area contributed by atoms with Crippen LogP contribution in [0.15, 0.2) is 54.6 Å². The first-order valence-corrected chi connectivity index (χ1v) is 11.4. The summed E-state index contributed by atoms with van der Waals surface area (Å²) in [4.78, 5) is 31.1. The Kier molecular flexibility index (Phi) is 7.60. The van der Waals surface area contributed by atoms with E-state index in [1.165, 1.54) is 0 Å². The molecule has 1 aliphatic heterocycles. The number of amides is 2. The molecule has 3 N–H and O–H groups in total. The van der Waals surface area contributed by atoms with Crippen molar-refractivity contribution < 1.29 is 19.5 Å². The number of nitrogens with one attached hydrogen (secondary N) is 2. The molecule has 8 heteroatoms. The van der Waals surface area contributed by atoms with Gasteiger partial charge in [0.15, 0.2) is 0 Å². The number of carbonyl (C=O) groups excluding carboxylic acids is 2. The molecule has 2 heterocycles. The maximum Gasteiger partial charge on any atom is 0.251 e. The summed E-state index contributed by atoms with van der Waals surface area (Å²) in [6.45, 7) is 3.89. The van der Waals surface area contributed by atoms with Crippen LogP contribution in [0.3, 0.4) is 0 Å². The number of fused-ring (bicyclic) bond motifs is 1. The number of hydrogen-bond donors (Lipinski definition) is 3. The molecule has 1 saturated heterocycles. The van der Waals surface area contributed by atoms with Crippen molar-refractivity contribution in [3.63, 3.8) is 0 Å². The van der Waals surface area contributed by atoms with E-state index < -0.39 is 5.91 Å². The summed E-state index contributed by atoms with van der Waals surface area (Å²) in [7, 11) is 0. The van der Waals surface area contributed by atoms with Crippen molar-refractivity contribution >= 4 is 22.7 Å². The van der Waals surface area contributed by atoms with Crippen LogP contribution in [0.5, 0.6) is 5.75 Å². The van der Waals surface area contributed by atoms with Crippen molar-refractivity contribution in [3.8, 4) is 18.1 Å². The predicted octanol–water partition coefficient (Wildman–Crippen LogP) is 2.68. The lowest BCUT2D eigenvalue weighted by molar-refractivity contribution is -0.130. The average molecular weight is 473 g/mol. The molecule has 1 aliphatic rings. The first kappa shape index (κ1) is 24.2. The minimum Gasteiger partial charge on any atom is -0.489 e. The Bertz CT molecular complexity index is 1250. The zero-order chi connectivity index (χ0) is 24.8. The van der Waals surface area contributed by atoms with Gasteiger partial charge in [-0.1, -0.05) is 24.1 Å². The normalized spacial score (nSPS) is 17.6. The number of aryl methyl sites for hydroxylation is 1. The van der Waals surface area contributed by atoms with Crippen molar-refractivity contribution in [2.24, 2.45) is 5.92 Å². The van der Waals surface area contributed by atoms with Gasteiger partial charge in [-0.25, -0.2) is 5.48 Å². The van der Waals surface area contributed by atoms with Crippen molar-refractivity contribution in [1.29, 1.82) is 0 Å². The average Bonchev–Trinajstić information content (AvgIpc) is 3.23. The van der Waals surface area contributed by atoms with E-state index in [-0.39, 0.29) is 24.3 Å². The van der Waals surface area contributed by atoms with Gasteiger partial charge >= 0.3 is 0 Å². The third-order valence-corrected chi connectivity index (χ3v) is 6.16. The molecule has 2 amide bonds. The van der Waals surface area contributed by atoms with E-state index in [0.29, 0.717) is 37.6 Å². The molecule has 2 aromatic carbocycles. The molecule has 4 rings (SSSR count). The Morgan fingerprint density at radius 3 is 2.71 bits per heavy atom. The fourth-order valence-electron chi connectivity index (χ4n) is 4.50. The molecule has 1 fully saturated rings. The van der Waals surface area contributed by atoms with Crippen LogP contribution >= 0.6 is 0 Å². The van der Waals surface area contributed by atoms with Gasteiger partial charge in [0, 0.05) is 53.7 Å². The number of hydroxylamine groups is 1. The van der Waals surface area contributed by atoms with Gasteiger partial charge in [-0.15, -0.1) is 6.42 Å². The van der Waals surface area contributed by atoms with Crippen LogP contribution in [0.1, 0.15) is 28.0 Å². The van der Waals surface area contributed by atoms with Gasteiger partial charge in [0.2, 0.25) is 5.91 Å². The molecular formula is C27H28N4O4. The second kappa shape index (κ2) is 11.0. The number of aromatic nitrogens is 1.